The van der Waals surface area contributed by atoms with Gasteiger partial charge in [0.05, 0.1) is 0 Å². The number of carbonyl (C=O) groups is 1. The van der Waals surface area contributed by atoms with Gasteiger partial charge in [0, 0.05) is 6.04 Å². The Morgan fingerprint density at radius 2 is 1.93 bits per heavy atom. The van der Waals surface area contributed by atoms with Crippen LogP contribution in [0.3, 0.4) is 0 Å². The fourth-order valence-electron chi connectivity index (χ4n) is 4.67. The molecule has 4 bridgehead atoms. The van der Waals surface area contributed by atoms with Crippen molar-refractivity contribution in [3.8, 4) is 0 Å². The molecule has 0 aromatic heterocycles. The minimum absolute atomic E-state index is 0.0778. The molecule has 3 heteroatoms. The van der Waals surface area contributed by atoms with Crippen molar-refractivity contribution < 1.29 is 9.53 Å². The summed E-state index contributed by atoms with van der Waals surface area (Å²) < 4.78 is 5.43. The van der Waals surface area contributed by atoms with E-state index in [4.69, 9.17) is 4.74 Å². The summed E-state index contributed by atoms with van der Waals surface area (Å²) in [5, 5.41) is 3.46. The summed E-state index contributed by atoms with van der Waals surface area (Å²) in [6, 6.07) is 0.671. The van der Waals surface area contributed by atoms with E-state index in [1.165, 1.54) is 12.8 Å². The summed E-state index contributed by atoms with van der Waals surface area (Å²) in [4.78, 5) is 10.6. The Labute approximate surface area is 90.6 Å². The van der Waals surface area contributed by atoms with Crippen LogP contribution >= 0.6 is 0 Å². The molecule has 3 nitrogen and oxygen atoms in total. The Bertz CT molecular complexity index is 263. The molecule has 0 aliphatic heterocycles. The first kappa shape index (κ1) is 9.64. The van der Waals surface area contributed by atoms with E-state index >= 15 is 0 Å². The number of rotatable bonds is 3. The van der Waals surface area contributed by atoms with Crippen LogP contribution in [0.25, 0.3) is 0 Å². The molecule has 84 valence electrons. The van der Waals surface area contributed by atoms with E-state index in [-0.39, 0.29) is 5.60 Å². The highest BCUT2D eigenvalue weighted by Gasteiger charge is 2.56. The zero-order valence-electron chi connectivity index (χ0n) is 9.24. The molecule has 0 aromatic carbocycles. The largest absolute Gasteiger partial charge is 0.461 e. The highest BCUT2D eigenvalue weighted by atomic mass is 16.5. The Kier molecular flexibility index (Phi) is 2.06. The molecule has 2 unspecified atom stereocenters. The Morgan fingerprint density at radius 3 is 2.47 bits per heavy atom. The second-order valence-corrected chi connectivity index (χ2v) is 5.68. The van der Waals surface area contributed by atoms with Crippen molar-refractivity contribution in [2.24, 2.45) is 17.8 Å². The molecule has 0 heterocycles. The molecule has 2 atom stereocenters. The predicted molar refractivity (Wildman–Crippen MR) is 56.3 cm³/mol. The van der Waals surface area contributed by atoms with Crippen LogP contribution in [0.2, 0.25) is 0 Å². The van der Waals surface area contributed by atoms with E-state index in [9.17, 15) is 4.79 Å². The maximum absolute atomic E-state index is 10.6. The highest BCUT2D eigenvalue weighted by molar-refractivity contribution is 5.39. The molecule has 4 saturated carbocycles. The molecule has 4 fully saturated rings. The van der Waals surface area contributed by atoms with E-state index in [2.05, 4.69) is 12.4 Å². The summed E-state index contributed by atoms with van der Waals surface area (Å²) in [6.45, 7) is 0.668. The third-order valence-electron chi connectivity index (χ3n) is 4.85. The zero-order valence-corrected chi connectivity index (χ0v) is 9.24. The smallest absolute Gasteiger partial charge is 0.293 e. The first-order valence-electron chi connectivity index (χ1n) is 6.05. The molecule has 4 aliphatic carbocycles. The second-order valence-electron chi connectivity index (χ2n) is 5.68. The lowest BCUT2D eigenvalue weighted by Crippen LogP contribution is -2.61. The van der Waals surface area contributed by atoms with Gasteiger partial charge in [-0.3, -0.25) is 4.79 Å². The van der Waals surface area contributed by atoms with E-state index < -0.39 is 0 Å². The number of nitrogens with one attached hydrogen (secondary N) is 1. The van der Waals surface area contributed by atoms with Crippen LogP contribution in [0.4, 0.5) is 0 Å². The van der Waals surface area contributed by atoms with Crippen molar-refractivity contribution in [3.63, 3.8) is 0 Å². The molecule has 0 aromatic rings. The van der Waals surface area contributed by atoms with Gasteiger partial charge in [-0.05, 0) is 56.9 Å². The predicted octanol–water partition coefficient (Wildman–Crippen LogP) is 1.33. The van der Waals surface area contributed by atoms with Crippen molar-refractivity contribution in [3.05, 3.63) is 0 Å². The third-order valence-corrected chi connectivity index (χ3v) is 4.85. The van der Waals surface area contributed by atoms with E-state index in [1.807, 2.05) is 0 Å². The normalized spacial score (nSPS) is 51.8. The molecule has 15 heavy (non-hydrogen) atoms. The van der Waals surface area contributed by atoms with Gasteiger partial charge in [-0.15, -0.1) is 0 Å². The molecule has 4 rings (SSSR count). The molecule has 4 aliphatic rings. The fourth-order valence-corrected chi connectivity index (χ4v) is 4.67. The molecular formula is C12H19NO2. The molecule has 0 radical (unpaired) electrons. The maximum Gasteiger partial charge on any atom is 0.293 e. The number of ether oxygens (including phenoxy) is 1. The average molecular weight is 209 g/mol. The van der Waals surface area contributed by atoms with Crippen LogP contribution in [-0.2, 0) is 9.53 Å². The number of hydrogen-bond acceptors (Lipinski definition) is 3. The summed E-state index contributed by atoms with van der Waals surface area (Å²) in [5.74, 6) is 2.29. The van der Waals surface area contributed by atoms with Gasteiger partial charge in [0.25, 0.3) is 6.47 Å². The van der Waals surface area contributed by atoms with Gasteiger partial charge in [-0.25, -0.2) is 0 Å². The lowest BCUT2D eigenvalue weighted by atomic mass is 9.52. The van der Waals surface area contributed by atoms with Gasteiger partial charge in [0.15, 0.2) is 0 Å². The Hall–Kier alpha value is -0.570. The van der Waals surface area contributed by atoms with Crippen LogP contribution in [0, 0.1) is 17.8 Å². The fraction of sp³-hybridized carbons (Fsp3) is 0.917. The van der Waals surface area contributed by atoms with Crippen LogP contribution in [0.1, 0.15) is 32.1 Å². The van der Waals surface area contributed by atoms with Crippen LogP contribution in [0.5, 0.6) is 0 Å². The van der Waals surface area contributed by atoms with Gasteiger partial charge in [-0.1, -0.05) is 0 Å². The van der Waals surface area contributed by atoms with Crippen LogP contribution in [-0.4, -0.2) is 25.2 Å². The van der Waals surface area contributed by atoms with E-state index in [0.717, 1.165) is 37.0 Å². The summed E-state index contributed by atoms with van der Waals surface area (Å²) in [5.41, 5.74) is -0.0778. The summed E-state index contributed by atoms with van der Waals surface area (Å²) in [6.07, 6.45) is 5.97. The van der Waals surface area contributed by atoms with Crippen molar-refractivity contribution in [2.75, 3.05) is 7.05 Å². The van der Waals surface area contributed by atoms with Crippen molar-refractivity contribution in [2.45, 2.75) is 43.7 Å². The van der Waals surface area contributed by atoms with E-state index in [0.29, 0.717) is 12.5 Å². The lowest BCUT2D eigenvalue weighted by molar-refractivity contribution is -0.177. The minimum Gasteiger partial charge on any atom is -0.461 e. The molecule has 1 N–H and O–H groups in total. The van der Waals surface area contributed by atoms with Gasteiger partial charge >= 0.3 is 0 Å². The SMILES string of the molecule is CN[C@H]1C2CC3CC1C[C@@](OC=O)(C3)C2. The van der Waals surface area contributed by atoms with Gasteiger partial charge in [-0.2, -0.15) is 0 Å². The summed E-state index contributed by atoms with van der Waals surface area (Å²) >= 11 is 0. The third kappa shape index (κ3) is 1.32. The minimum atomic E-state index is -0.0778. The maximum atomic E-state index is 10.6. The average Bonchev–Trinajstić information content (AvgIpc) is 2.16. The quantitative estimate of drug-likeness (QED) is 0.713. The first-order chi connectivity index (χ1) is 7.26. The van der Waals surface area contributed by atoms with Gasteiger partial charge in [0.1, 0.15) is 5.60 Å². The van der Waals surface area contributed by atoms with Gasteiger partial charge < -0.3 is 10.1 Å². The van der Waals surface area contributed by atoms with Crippen molar-refractivity contribution >= 4 is 6.47 Å². The number of hydrogen-bond donors (Lipinski definition) is 1. The van der Waals surface area contributed by atoms with Crippen LogP contribution < -0.4 is 5.32 Å². The summed E-state index contributed by atoms with van der Waals surface area (Å²) in [7, 11) is 2.07. The van der Waals surface area contributed by atoms with Crippen molar-refractivity contribution in [1.82, 2.24) is 5.32 Å². The monoisotopic (exact) mass is 209 g/mol. The lowest BCUT2D eigenvalue weighted by Gasteiger charge is -2.58. The standard InChI is InChI=1S/C12H19NO2/c1-13-11-9-2-8-3-10(11)6-12(4-8,5-9)15-7-14/h7-11,13H,2-6H2,1H3/t8?,9?,10?,11-,12+. The number of carbonyl (C=O) groups excluding carboxylic acids is 1. The van der Waals surface area contributed by atoms with Crippen molar-refractivity contribution in [1.29, 1.82) is 0 Å². The van der Waals surface area contributed by atoms with E-state index in [1.54, 1.807) is 0 Å². The van der Waals surface area contributed by atoms with Crippen LogP contribution in [0.15, 0.2) is 0 Å². The molecular weight excluding hydrogens is 190 g/mol. The molecule has 0 amide bonds. The molecule has 0 spiro atoms. The highest BCUT2D eigenvalue weighted by Crippen LogP contribution is 2.56. The molecule has 0 saturated heterocycles. The van der Waals surface area contributed by atoms with Gasteiger partial charge in [0.2, 0.25) is 0 Å². The second kappa shape index (κ2) is 3.21. The Morgan fingerprint density at radius 1 is 1.27 bits per heavy atom. The first-order valence-corrected chi connectivity index (χ1v) is 6.05. The topological polar surface area (TPSA) is 38.3 Å². The zero-order chi connectivity index (χ0) is 10.5. The Balaban J connectivity index is 1.85.